The first kappa shape index (κ1) is 30.0. The van der Waals surface area contributed by atoms with E-state index in [1.807, 2.05) is 56.3 Å². The summed E-state index contributed by atoms with van der Waals surface area (Å²) in [6, 6.07) is 20.1. The number of ether oxygens (including phenoxy) is 1. The highest BCUT2D eigenvalue weighted by Crippen LogP contribution is 2.44. The molecule has 0 saturated heterocycles. The predicted octanol–water partition coefficient (Wildman–Crippen LogP) is 6.67. The van der Waals surface area contributed by atoms with Gasteiger partial charge in [0.1, 0.15) is 11.8 Å². The molecule has 224 valence electrons. The van der Waals surface area contributed by atoms with E-state index in [9.17, 15) is 23.9 Å². The van der Waals surface area contributed by atoms with Crippen molar-refractivity contribution < 1.29 is 28.6 Å². The van der Waals surface area contributed by atoms with Crippen LogP contribution in [0.15, 0.2) is 84.9 Å². The molecule has 7 nitrogen and oxygen atoms in total. The summed E-state index contributed by atoms with van der Waals surface area (Å²) < 4.78 is 20.0. The van der Waals surface area contributed by atoms with Crippen LogP contribution in [0.25, 0.3) is 0 Å². The van der Waals surface area contributed by atoms with Gasteiger partial charge in [-0.2, -0.15) is 0 Å². The summed E-state index contributed by atoms with van der Waals surface area (Å²) in [5.74, 6) is -2.28. The highest BCUT2D eigenvalue weighted by Gasteiger charge is 2.50. The van der Waals surface area contributed by atoms with Gasteiger partial charge in [0.05, 0.1) is 17.9 Å². The number of rotatable bonds is 10. The predicted molar refractivity (Wildman–Crippen MR) is 162 cm³/mol. The number of nitrogens with zero attached hydrogens (tertiary/aromatic N) is 1. The van der Waals surface area contributed by atoms with Crippen LogP contribution < -0.4 is 15.0 Å². The number of para-hydroxylation sites is 2. The fourth-order valence-corrected chi connectivity index (χ4v) is 6.16. The van der Waals surface area contributed by atoms with Crippen LogP contribution >= 0.6 is 0 Å². The van der Waals surface area contributed by atoms with Gasteiger partial charge in [-0.05, 0) is 79.5 Å². The average Bonchev–Trinajstić information content (AvgIpc) is 3.45. The van der Waals surface area contributed by atoms with Crippen molar-refractivity contribution in [1.29, 1.82) is 0 Å². The number of hydrogen-bond acceptors (Lipinski definition) is 4. The van der Waals surface area contributed by atoms with Gasteiger partial charge in [0, 0.05) is 5.69 Å². The summed E-state index contributed by atoms with van der Waals surface area (Å²) in [5, 5.41) is 13.2. The summed E-state index contributed by atoms with van der Waals surface area (Å²) >= 11 is 0. The Balaban J connectivity index is 1.41. The normalized spacial score (nSPS) is 18.2. The van der Waals surface area contributed by atoms with Crippen LogP contribution in [0.5, 0.6) is 11.5 Å². The molecule has 2 unspecified atom stereocenters. The zero-order valence-corrected chi connectivity index (χ0v) is 24.5. The minimum atomic E-state index is -1.22. The maximum absolute atomic E-state index is 14.2. The van der Waals surface area contributed by atoms with Crippen LogP contribution in [0.2, 0.25) is 0 Å². The molecule has 43 heavy (non-hydrogen) atoms. The van der Waals surface area contributed by atoms with E-state index in [0.717, 1.165) is 16.8 Å². The summed E-state index contributed by atoms with van der Waals surface area (Å²) in [7, 11) is 0. The number of hydrogen-bond donors (Lipinski definition) is 2. The molecule has 1 heterocycles. The van der Waals surface area contributed by atoms with Gasteiger partial charge >= 0.3 is 5.97 Å². The summed E-state index contributed by atoms with van der Waals surface area (Å²) in [6.45, 7) is 4.14. The Morgan fingerprint density at radius 2 is 1.77 bits per heavy atom. The number of allylic oxidation sites excluding steroid dienone is 2. The molecule has 0 bridgehead atoms. The number of aryl methyl sites for hydroxylation is 1. The van der Waals surface area contributed by atoms with E-state index in [1.54, 1.807) is 41.3 Å². The molecule has 3 aromatic carbocycles. The van der Waals surface area contributed by atoms with Crippen LogP contribution in [0.4, 0.5) is 10.1 Å². The smallest absolute Gasteiger partial charge is 0.311 e. The number of carboxylic acids is 1. The SMILES string of the molecule is CC(C)CC(C(=O)NC1CCc2ccccc2N(Cc2cccc(Oc3ccccc3F)c2)C1=O)C1(C(=O)O)CC=CC1. The Bertz CT molecular complexity index is 1530. The number of halogens is 1. The van der Waals surface area contributed by atoms with E-state index in [2.05, 4.69) is 5.32 Å². The van der Waals surface area contributed by atoms with Gasteiger partial charge in [-0.25, -0.2) is 4.39 Å². The third-order valence-corrected chi connectivity index (χ3v) is 8.42. The lowest BCUT2D eigenvalue weighted by Crippen LogP contribution is -2.53. The second kappa shape index (κ2) is 12.8. The van der Waals surface area contributed by atoms with Crippen LogP contribution in [-0.2, 0) is 27.3 Å². The Morgan fingerprint density at radius 1 is 1.05 bits per heavy atom. The maximum Gasteiger partial charge on any atom is 0.311 e. The third-order valence-electron chi connectivity index (χ3n) is 8.42. The maximum atomic E-state index is 14.2. The number of aliphatic carboxylic acids is 1. The number of carbonyl (C=O) groups excluding carboxylic acids is 2. The minimum Gasteiger partial charge on any atom is -0.481 e. The molecule has 2 aliphatic rings. The second-order valence-electron chi connectivity index (χ2n) is 11.9. The lowest BCUT2D eigenvalue weighted by atomic mass is 9.69. The quantitative estimate of drug-likeness (QED) is 0.260. The molecule has 0 saturated carbocycles. The van der Waals surface area contributed by atoms with Crippen LogP contribution in [0, 0.1) is 23.1 Å². The van der Waals surface area contributed by atoms with Crippen LogP contribution in [0.3, 0.4) is 0 Å². The van der Waals surface area contributed by atoms with Crippen molar-refractivity contribution >= 4 is 23.5 Å². The van der Waals surface area contributed by atoms with Gasteiger partial charge in [0.15, 0.2) is 11.6 Å². The Hall–Kier alpha value is -4.46. The van der Waals surface area contributed by atoms with Crippen molar-refractivity contribution in [3.8, 4) is 11.5 Å². The Morgan fingerprint density at radius 3 is 2.49 bits per heavy atom. The molecular weight excluding hydrogens is 547 g/mol. The molecule has 0 radical (unpaired) electrons. The van der Waals surface area contributed by atoms with E-state index in [4.69, 9.17) is 4.74 Å². The van der Waals surface area contributed by atoms with Crippen molar-refractivity contribution in [3.63, 3.8) is 0 Å². The topological polar surface area (TPSA) is 95.9 Å². The number of nitrogens with one attached hydrogen (secondary N) is 1. The second-order valence-corrected chi connectivity index (χ2v) is 11.9. The molecule has 8 heteroatoms. The highest BCUT2D eigenvalue weighted by atomic mass is 19.1. The van der Waals surface area contributed by atoms with E-state index in [1.165, 1.54) is 6.07 Å². The van der Waals surface area contributed by atoms with Crippen molar-refractivity contribution in [2.75, 3.05) is 4.90 Å². The van der Waals surface area contributed by atoms with Crippen molar-refractivity contribution in [2.24, 2.45) is 17.3 Å². The van der Waals surface area contributed by atoms with Gasteiger partial charge < -0.3 is 20.1 Å². The molecule has 2 amide bonds. The molecule has 0 spiro atoms. The minimum absolute atomic E-state index is 0.0945. The number of amides is 2. The van der Waals surface area contributed by atoms with Crippen LogP contribution in [0.1, 0.15) is 50.7 Å². The first-order valence-corrected chi connectivity index (χ1v) is 14.8. The van der Waals surface area contributed by atoms with Crippen molar-refractivity contribution in [1.82, 2.24) is 5.32 Å². The molecule has 1 aliphatic carbocycles. The highest BCUT2D eigenvalue weighted by molar-refractivity contribution is 6.01. The summed E-state index contributed by atoms with van der Waals surface area (Å²) in [4.78, 5) is 42.2. The van der Waals surface area contributed by atoms with Crippen molar-refractivity contribution in [3.05, 3.63) is 102 Å². The monoisotopic (exact) mass is 584 g/mol. The van der Waals surface area contributed by atoms with Gasteiger partial charge in [0.25, 0.3) is 0 Å². The molecular formula is C35H37FN2O5. The van der Waals surface area contributed by atoms with E-state index < -0.39 is 35.1 Å². The largest absolute Gasteiger partial charge is 0.481 e. The zero-order chi connectivity index (χ0) is 30.6. The number of carbonyl (C=O) groups is 3. The first-order chi connectivity index (χ1) is 20.7. The van der Waals surface area contributed by atoms with Crippen molar-refractivity contribution in [2.45, 2.75) is 58.5 Å². The fourth-order valence-electron chi connectivity index (χ4n) is 6.16. The standard InChI is InChI=1S/C35H37FN2O5/c1-23(2)20-27(35(34(41)42)18-7-8-19-35)32(39)37-29-17-16-25-11-3-5-14-30(25)38(33(29)40)22-24-10-9-12-26(21-24)43-31-15-6-4-13-28(31)36/h3-15,21,23,27,29H,16-20,22H2,1-2H3,(H,37,39)(H,41,42). The van der Waals surface area contributed by atoms with Gasteiger partial charge in [-0.1, -0.05) is 68.5 Å². The lowest BCUT2D eigenvalue weighted by molar-refractivity contribution is -0.157. The third kappa shape index (κ3) is 6.48. The van der Waals surface area contributed by atoms with Gasteiger partial charge in [0.2, 0.25) is 11.8 Å². The number of anilines is 1. The van der Waals surface area contributed by atoms with Gasteiger partial charge in [-0.3, -0.25) is 14.4 Å². The molecule has 1 aliphatic heterocycles. The fraction of sp³-hybridized carbons (Fsp3) is 0.343. The Labute approximate surface area is 251 Å². The molecule has 3 aromatic rings. The van der Waals surface area contributed by atoms with E-state index >= 15 is 0 Å². The number of fused-ring (bicyclic) bond motifs is 1. The van der Waals surface area contributed by atoms with Gasteiger partial charge in [-0.15, -0.1) is 0 Å². The van der Waals surface area contributed by atoms with E-state index in [0.29, 0.717) is 25.0 Å². The summed E-state index contributed by atoms with van der Waals surface area (Å²) in [6.07, 6.45) is 5.59. The lowest BCUT2D eigenvalue weighted by Gasteiger charge is -2.35. The summed E-state index contributed by atoms with van der Waals surface area (Å²) in [5.41, 5.74) is 1.28. The molecule has 0 aromatic heterocycles. The van der Waals surface area contributed by atoms with Crippen LogP contribution in [-0.4, -0.2) is 28.9 Å². The number of carboxylic acid groups (broad SMARTS) is 1. The molecule has 2 atom stereocenters. The zero-order valence-electron chi connectivity index (χ0n) is 24.5. The Kier molecular flexibility index (Phi) is 8.94. The molecule has 5 rings (SSSR count). The molecule has 2 N–H and O–H groups in total. The number of benzene rings is 3. The first-order valence-electron chi connectivity index (χ1n) is 14.8. The van der Waals surface area contributed by atoms with E-state index in [-0.39, 0.29) is 37.0 Å². The molecule has 0 fully saturated rings. The average molecular weight is 585 g/mol.